The van der Waals surface area contributed by atoms with Crippen LogP contribution in [-0.2, 0) is 20.7 Å². The number of carbonyl (C=O) groups excluding carboxylic acids is 2. The molecule has 1 aromatic carbocycles. The molecule has 1 aromatic rings. The average Bonchev–Trinajstić information content (AvgIpc) is 2.54. The van der Waals surface area contributed by atoms with Crippen LogP contribution in [0.15, 0.2) is 24.3 Å². The number of rotatable bonds is 7. The normalized spacial score (nSPS) is 13.4. The summed E-state index contributed by atoms with van der Waals surface area (Å²) in [6.07, 6.45) is 2.13. The lowest BCUT2D eigenvalue weighted by Crippen LogP contribution is -2.56. The summed E-state index contributed by atoms with van der Waals surface area (Å²) in [5, 5.41) is 12.0. The molecule has 0 unspecified atom stereocenters. The summed E-state index contributed by atoms with van der Waals surface area (Å²) < 4.78 is 4.30. The van der Waals surface area contributed by atoms with Crippen LogP contribution in [0, 0.1) is 0 Å². The van der Waals surface area contributed by atoms with Crippen LogP contribution >= 0.6 is 24.2 Å². The Bertz CT molecular complexity index is 552. The van der Waals surface area contributed by atoms with E-state index in [2.05, 4.69) is 5.32 Å². The fourth-order valence-corrected chi connectivity index (χ4v) is 2.27. The predicted octanol–water partition coefficient (Wildman–Crippen LogP) is 1.48. The lowest BCUT2D eigenvalue weighted by Gasteiger charge is -2.29. The molecule has 0 bridgehead atoms. The van der Waals surface area contributed by atoms with Crippen LogP contribution in [0.2, 0.25) is 0 Å². The quantitative estimate of drug-likeness (QED) is 0.623. The topological polar surface area (TPSA) is 102 Å². The summed E-state index contributed by atoms with van der Waals surface area (Å²) in [6.45, 7) is 3.74. The van der Waals surface area contributed by atoms with Crippen molar-refractivity contribution < 1.29 is 19.4 Å². The van der Waals surface area contributed by atoms with E-state index >= 15 is 0 Å². The number of phenolic OH excluding ortho intramolecular Hbond substituents is 1. The van der Waals surface area contributed by atoms with Crippen LogP contribution in [0.5, 0.6) is 5.75 Å². The molecule has 0 aliphatic rings. The van der Waals surface area contributed by atoms with Gasteiger partial charge in [-0.1, -0.05) is 12.1 Å². The van der Waals surface area contributed by atoms with Crippen molar-refractivity contribution in [2.45, 2.75) is 37.1 Å². The fourth-order valence-electron chi connectivity index (χ4n) is 1.91. The molecule has 0 aliphatic carbocycles. The summed E-state index contributed by atoms with van der Waals surface area (Å²) in [5.74, 6) is -0.810. The highest BCUT2D eigenvalue weighted by molar-refractivity contribution is 8.00. The van der Waals surface area contributed by atoms with Crippen molar-refractivity contribution in [1.29, 1.82) is 0 Å². The van der Waals surface area contributed by atoms with Crippen molar-refractivity contribution >= 4 is 36.0 Å². The van der Waals surface area contributed by atoms with Gasteiger partial charge in [-0.3, -0.25) is 4.79 Å². The van der Waals surface area contributed by atoms with Crippen molar-refractivity contribution in [2.24, 2.45) is 5.73 Å². The Hall–Kier alpha value is -1.44. The molecule has 0 saturated carbocycles. The number of aromatic hydroxyl groups is 1. The van der Waals surface area contributed by atoms with E-state index in [1.54, 1.807) is 12.1 Å². The molecule has 0 heterocycles. The molecule has 4 N–H and O–H groups in total. The number of hydrogen-bond acceptors (Lipinski definition) is 6. The molecule has 8 heteroatoms. The minimum atomic E-state index is -0.833. The van der Waals surface area contributed by atoms with E-state index in [1.165, 1.54) is 31.0 Å². The fraction of sp³-hybridized carbons (Fsp3) is 0.500. The van der Waals surface area contributed by atoms with Gasteiger partial charge >= 0.3 is 5.97 Å². The van der Waals surface area contributed by atoms with Gasteiger partial charge in [-0.15, -0.1) is 12.4 Å². The Kier molecular flexibility index (Phi) is 9.17. The summed E-state index contributed by atoms with van der Waals surface area (Å²) in [6, 6.07) is 4.82. The van der Waals surface area contributed by atoms with Crippen LogP contribution in [0.3, 0.4) is 0 Å². The number of hydrogen-bond donors (Lipinski definition) is 3. The number of nitrogens with one attached hydrogen (secondary N) is 1. The molecular weight excluding hydrogens is 352 g/mol. The molecule has 0 aliphatic heterocycles. The number of carbonyl (C=O) groups is 2. The predicted molar refractivity (Wildman–Crippen MR) is 98.6 cm³/mol. The van der Waals surface area contributed by atoms with Gasteiger partial charge in [0, 0.05) is 11.2 Å². The van der Waals surface area contributed by atoms with E-state index in [9.17, 15) is 14.7 Å². The minimum absolute atomic E-state index is 0. The zero-order chi connectivity index (χ0) is 17.6. The SMILES string of the molecule is COC(=O)[C@H](Cc1ccc(O)cc1)NC(=O)[C@@H](N)C(C)(C)SC.Cl. The van der Waals surface area contributed by atoms with Gasteiger partial charge in [-0.25, -0.2) is 4.79 Å². The second-order valence-electron chi connectivity index (χ2n) is 5.74. The largest absolute Gasteiger partial charge is 0.508 e. The summed E-state index contributed by atoms with van der Waals surface area (Å²) in [5.41, 5.74) is 6.78. The van der Waals surface area contributed by atoms with Gasteiger partial charge in [0.15, 0.2) is 0 Å². The molecule has 24 heavy (non-hydrogen) atoms. The molecule has 2 atom stereocenters. The highest BCUT2D eigenvalue weighted by Crippen LogP contribution is 2.24. The molecule has 0 aromatic heterocycles. The van der Waals surface area contributed by atoms with Crippen LogP contribution in [0.25, 0.3) is 0 Å². The van der Waals surface area contributed by atoms with Gasteiger partial charge in [-0.05, 0) is 37.8 Å². The smallest absolute Gasteiger partial charge is 0.328 e. The van der Waals surface area contributed by atoms with Gasteiger partial charge in [0.05, 0.1) is 13.2 Å². The molecule has 136 valence electrons. The number of halogens is 1. The maximum atomic E-state index is 12.3. The lowest BCUT2D eigenvalue weighted by molar-refractivity contribution is -0.145. The van der Waals surface area contributed by atoms with E-state index in [1.807, 2.05) is 20.1 Å². The molecule has 0 fully saturated rings. The standard InChI is InChI=1S/C16H24N2O4S.ClH/c1-16(2,23-4)13(17)14(20)18-12(15(21)22-3)9-10-5-7-11(19)8-6-10;/h5-8,12-13,19H,9,17H2,1-4H3,(H,18,20);1H/t12-,13+;/m0./s1. The first-order chi connectivity index (χ1) is 10.7. The Labute approximate surface area is 152 Å². The van der Waals surface area contributed by atoms with Gasteiger partial charge < -0.3 is 20.9 Å². The Balaban J connectivity index is 0.00000529. The van der Waals surface area contributed by atoms with Crippen molar-refractivity contribution in [3.63, 3.8) is 0 Å². The number of ether oxygens (including phenoxy) is 1. The van der Waals surface area contributed by atoms with Gasteiger partial charge in [0.2, 0.25) is 5.91 Å². The Morgan fingerprint density at radius 1 is 1.33 bits per heavy atom. The minimum Gasteiger partial charge on any atom is -0.508 e. The number of thioether (sulfide) groups is 1. The van der Waals surface area contributed by atoms with Crippen LogP contribution in [-0.4, -0.2) is 47.2 Å². The van der Waals surface area contributed by atoms with Gasteiger partial charge in [0.1, 0.15) is 11.8 Å². The second kappa shape index (κ2) is 9.76. The van der Waals surface area contributed by atoms with E-state index in [0.29, 0.717) is 0 Å². The molecule has 1 amide bonds. The summed E-state index contributed by atoms with van der Waals surface area (Å²) in [7, 11) is 1.27. The number of benzene rings is 1. The first-order valence-electron chi connectivity index (χ1n) is 7.18. The number of phenols is 1. The highest BCUT2D eigenvalue weighted by atomic mass is 35.5. The number of amides is 1. The van der Waals surface area contributed by atoms with E-state index < -0.39 is 28.7 Å². The highest BCUT2D eigenvalue weighted by Gasteiger charge is 2.33. The summed E-state index contributed by atoms with van der Waals surface area (Å²) >= 11 is 1.48. The number of nitrogens with two attached hydrogens (primary N) is 1. The number of esters is 1. The monoisotopic (exact) mass is 376 g/mol. The van der Waals surface area contributed by atoms with Crippen molar-refractivity contribution in [3.8, 4) is 5.75 Å². The third kappa shape index (κ3) is 6.22. The molecule has 0 radical (unpaired) electrons. The molecular formula is C16H25ClN2O4S. The Morgan fingerprint density at radius 3 is 2.33 bits per heavy atom. The molecule has 0 saturated heterocycles. The van der Waals surface area contributed by atoms with E-state index in [4.69, 9.17) is 10.5 Å². The first kappa shape index (κ1) is 22.6. The van der Waals surface area contributed by atoms with Crippen molar-refractivity contribution in [2.75, 3.05) is 13.4 Å². The van der Waals surface area contributed by atoms with Gasteiger partial charge in [0.25, 0.3) is 0 Å². The lowest BCUT2D eigenvalue weighted by atomic mass is 10.0. The second-order valence-corrected chi connectivity index (χ2v) is 7.20. The molecule has 1 rings (SSSR count). The van der Waals surface area contributed by atoms with Crippen LogP contribution in [0.1, 0.15) is 19.4 Å². The maximum Gasteiger partial charge on any atom is 0.328 e. The van der Waals surface area contributed by atoms with E-state index in [-0.39, 0.29) is 24.6 Å². The molecule has 6 nitrogen and oxygen atoms in total. The van der Waals surface area contributed by atoms with Crippen LogP contribution < -0.4 is 11.1 Å². The first-order valence-corrected chi connectivity index (χ1v) is 8.40. The maximum absolute atomic E-state index is 12.3. The number of methoxy groups -OCH3 is 1. The zero-order valence-corrected chi connectivity index (χ0v) is 15.9. The van der Waals surface area contributed by atoms with Crippen molar-refractivity contribution in [3.05, 3.63) is 29.8 Å². The van der Waals surface area contributed by atoms with Crippen molar-refractivity contribution in [1.82, 2.24) is 5.32 Å². The average molecular weight is 377 g/mol. The zero-order valence-electron chi connectivity index (χ0n) is 14.2. The van der Waals surface area contributed by atoms with E-state index in [0.717, 1.165) is 5.56 Å². The molecule has 0 spiro atoms. The Morgan fingerprint density at radius 2 is 1.88 bits per heavy atom. The summed E-state index contributed by atoms with van der Waals surface area (Å²) in [4.78, 5) is 24.3. The van der Waals surface area contributed by atoms with Gasteiger partial charge in [-0.2, -0.15) is 11.8 Å². The third-order valence-corrected chi connectivity index (χ3v) is 5.04. The van der Waals surface area contributed by atoms with Crippen LogP contribution in [0.4, 0.5) is 0 Å². The third-order valence-electron chi connectivity index (χ3n) is 3.74.